The highest BCUT2D eigenvalue weighted by Gasteiger charge is 2.28. The molecule has 1 rings (SSSR count). The zero-order chi connectivity index (χ0) is 11.5. The molecule has 0 spiro atoms. The van der Waals surface area contributed by atoms with Gasteiger partial charge in [0.15, 0.2) is 0 Å². The van der Waals surface area contributed by atoms with Crippen LogP contribution < -0.4 is 0 Å². The van der Waals surface area contributed by atoms with Crippen molar-refractivity contribution in [1.29, 1.82) is 0 Å². The van der Waals surface area contributed by atoms with E-state index in [9.17, 15) is 4.79 Å². The van der Waals surface area contributed by atoms with Gasteiger partial charge in [-0.3, -0.25) is 4.79 Å². The fourth-order valence-electron chi connectivity index (χ4n) is 1.19. The summed E-state index contributed by atoms with van der Waals surface area (Å²) in [5.74, 6) is -0.227. The van der Waals surface area contributed by atoms with E-state index >= 15 is 0 Å². The molecule has 0 aliphatic rings. The van der Waals surface area contributed by atoms with Gasteiger partial charge in [-0.1, -0.05) is 6.92 Å². The molecule has 4 nitrogen and oxygen atoms in total. The van der Waals surface area contributed by atoms with Crippen molar-refractivity contribution in [2.75, 3.05) is 0 Å². The second-order valence-electron chi connectivity index (χ2n) is 4.18. The third-order valence-electron chi connectivity index (χ3n) is 2.30. The number of hydrogen-bond donors (Lipinski definition) is 1. The van der Waals surface area contributed by atoms with Crippen molar-refractivity contribution in [1.82, 2.24) is 9.97 Å². The molecule has 0 saturated heterocycles. The normalized spacial score (nSPS) is 11.4. The van der Waals surface area contributed by atoms with Gasteiger partial charge in [0.25, 0.3) is 0 Å². The van der Waals surface area contributed by atoms with E-state index in [1.165, 1.54) is 0 Å². The van der Waals surface area contributed by atoms with Crippen LogP contribution in [-0.4, -0.2) is 21.0 Å². The first kappa shape index (κ1) is 11.6. The second kappa shape index (κ2) is 4.38. The lowest BCUT2D eigenvalue weighted by molar-refractivity contribution is -0.146. The van der Waals surface area contributed by atoms with Crippen LogP contribution in [0.5, 0.6) is 0 Å². The van der Waals surface area contributed by atoms with Crippen LogP contribution in [0.25, 0.3) is 0 Å². The van der Waals surface area contributed by atoms with Gasteiger partial charge in [-0.25, -0.2) is 9.97 Å². The maximum Gasteiger partial charge on any atom is 0.309 e. The summed E-state index contributed by atoms with van der Waals surface area (Å²) in [6, 6.07) is 1.84. The highest BCUT2D eigenvalue weighted by atomic mass is 16.4. The number of aliphatic carboxylic acids is 1. The van der Waals surface area contributed by atoms with Crippen LogP contribution in [0.4, 0.5) is 0 Å². The van der Waals surface area contributed by atoms with Crippen LogP contribution in [0.3, 0.4) is 0 Å². The summed E-state index contributed by atoms with van der Waals surface area (Å²) >= 11 is 0. The van der Waals surface area contributed by atoms with Gasteiger partial charge >= 0.3 is 5.97 Å². The van der Waals surface area contributed by atoms with E-state index in [1.807, 2.05) is 13.0 Å². The Morgan fingerprint density at radius 3 is 2.73 bits per heavy atom. The molecule has 1 heterocycles. The van der Waals surface area contributed by atoms with Gasteiger partial charge in [0.05, 0.1) is 5.41 Å². The van der Waals surface area contributed by atoms with E-state index < -0.39 is 11.4 Å². The highest BCUT2D eigenvalue weighted by molar-refractivity contribution is 5.73. The SMILES string of the molecule is CCc1ccnc(CC(C)(C)C(=O)O)n1. The third-order valence-corrected chi connectivity index (χ3v) is 2.30. The molecule has 15 heavy (non-hydrogen) atoms. The Balaban J connectivity index is 2.85. The van der Waals surface area contributed by atoms with Gasteiger partial charge in [-0.2, -0.15) is 0 Å². The number of carbonyl (C=O) groups is 1. The molecule has 4 heteroatoms. The van der Waals surface area contributed by atoms with Crippen molar-refractivity contribution in [3.8, 4) is 0 Å². The molecule has 0 amide bonds. The molecule has 0 unspecified atom stereocenters. The van der Waals surface area contributed by atoms with Crippen molar-refractivity contribution in [3.63, 3.8) is 0 Å². The van der Waals surface area contributed by atoms with Gasteiger partial charge in [-0.15, -0.1) is 0 Å². The molecule has 0 bridgehead atoms. The molecule has 1 aromatic heterocycles. The molecular formula is C11H16N2O2. The molecule has 0 radical (unpaired) electrons. The van der Waals surface area contributed by atoms with E-state index in [-0.39, 0.29) is 0 Å². The van der Waals surface area contributed by atoms with E-state index in [2.05, 4.69) is 9.97 Å². The Morgan fingerprint density at radius 1 is 1.53 bits per heavy atom. The van der Waals surface area contributed by atoms with E-state index in [1.54, 1.807) is 20.0 Å². The fourth-order valence-corrected chi connectivity index (χ4v) is 1.19. The number of nitrogens with zero attached hydrogens (tertiary/aromatic N) is 2. The minimum atomic E-state index is -0.826. The lowest BCUT2D eigenvalue weighted by atomic mass is 9.89. The summed E-state index contributed by atoms with van der Waals surface area (Å²) < 4.78 is 0. The van der Waals surface area contributed by atoms with Crippen LogP contribution in [0.2, 0.25) is 0 Å². The summed E-state index contributed by atoms with van der Waals surface area (Å²) in [4.78, 5) is 19.3. The van der Waals surface area contributed by atoms with E-state index in [0.29, 0.717) is 12.2 Å². The predicted molar refractivity (Wildman–Crippen MR) is 56.5 cm³/mol. The van der Waals surface area contributed by atoms with Crippen molar-refractivity contribution in [3.05, 3.63) is 23.8 Å². The van der Waals surface area contributed by atoms with Crippen molar-refractivity contribution >= 4 is 5.97 Å². The maximum atomic E-state index is 10.9. The van der Waals surface area contributed by atoms with Gasteiger partial charge in [0.2, 0.25) is 0 Å². The Morgan fingerprint density at radius 2 is 2.20 bits per heavy atom. The van der Waals surface area contributed by atoms with Crippen LogP contribution in [-0.2, 0) is 17.6 Å². The number of carboxylic acid groups (broad SMARTS) is 1. The molecule has 0 saturated carbocycles. The number of carboxylic acids is 1. The zero-order valence-electron chi connectivity index (χ0n) is 9.32. The Bertz CT molecular complexity index is 361. The average Bonchev–Trinajstić information content (AvgIpc) is 2.17. The summed E-state index contributed by atoms with van der Waals surface area (Å²) in [5.41, 5.74) is 0.132. The van der Waals surface area contributed by atoms with Gasteiger partial charge < -0.3 is 5.11 Å². The van der Waals surface area contributed by atoms with Gasteiger partial charge in [0, 0.05) is 18.3 Å². The van der Waals surface area contributed by atoms with Gasteiger partial charge in [-0.05, 0) is 26.3 Å². The van der Waals surface area contributed by atoms with Crippen molar-refractivity contribution in [2.24, 2.45) is 5.41 Å². The minimum absolute atomic E-state index is 0.357. The fraction of sp³-hybridized carbons (Fsp3) is 0.545. The third kappa shape index (κ3) is 3.01. The average molecular weight is 208 g/mol. The van der Waals surface area contributed by atoms with Crippen LogP contribution >= 0.6 is 0 Å². The summed E-state index contributed by atoms with van der Waals surface area (Å²) in [5, 5.41) is 8.97. The number of aryl methyl sites for hydroxylation is 1. The molecule has 0 fully saturated rings. The maximum absolute atomic E-state index is 10.9. The standard InChI is InChI=1S/C11H16N2O2/c1-4-8-5-6-12-9(13-8)7-11(2,3)10(14)15/h5-6H,4,7H2,1-3H3,(H,14,15). The lowest BCUT2D eigenvalue weighted by Crippen LogP contribution is -2.27. The Kier molecular flexibility index (Phi) is 3.39. The molecular weight excluding hydrogens is 192 g/mol. The zero-order valence-corrected chi connectivity index (χ0v) is 9.32. The number of aromatic nitrogens is 2. The van der Waals surface area contributed by atoms with E-state index in [4.69, 9.17) is 5.11 Å². The van der Waals surface area contributed by atoms with Gasteiger partial charge in [0.1, 0.15) is 5.82 Å². The molecule has 1 aromatic rings. The monoisotopic (exact) mass is 208 g/mol. The molecule has 0 aliphatic heterocycles. The molecule has 1 N–H and O–H groups in total. The van der Waals surface area contributed by atoms with Crippen LogP contribution in [0.15, 0.2) is 12.3 Å². The van der Waals surface area contributed by atoms with Crippen molar-refractivity contribution < 1.29 is 9.90 Å². The highest BCUT2D eigenvalue weighted by Crippen LogP contribution is 2.19. The number of hydrogen-bond acceptors (Lipinski definition) is 3. The summed E-state index contributed by atoms with van der Waals surface area (Å²) in [7, 11) is 0. The second-order valence-corrected chi connectivity index (χ2v) is 4.18. The molecule has 0 atom stereocenters. The Hall–Kier alpha value is -1.45. The number of rotatable bonds is 4. The van der Waals surface area contributed by atoms with E-state index in [0.717, 1.165) is 12.1 Å². The Labute approximate surface area is 89.4 Å². The largest absolute Gasteiger partial charge is 0.481 e. The topological polar surface area (TPSA) is 63.1 Å². The van der Waals surface area contributed by atoms with Crippen molar-refractivity contribution in [2.45, 2.75) is 33.6 Å². The summed E-state index contributed by atoms with van der Waals surface area (Å²) in [6.45, 7) is 5.36. The lowest BCUT2D eigenvalue weighted by Gasteiger charge is -2.17. The first-order valence-corrected chi connectivity index (χ1v) is 5.00. The van der Waals surface area contributed by atoms with Crippen LogP contribution in [0.1, 0.15) is 32.3 Å². The summed E-state index contributed by atoms with van der Waals surface area (Å²) in [6.07, 6.45) is 2.87. The molecule has 0 aromatic carbocycles. The minimum Gasteiger partial charge on any atom is -0.481 e. The molecule has 0 aliphatic carbocycles. The first-order chi connectivity index (χ1) is 6.95. The predicted octanol–water partition coefficient (Wildman–Crippen LogP) is 1.69. The quantitative estimate of drug-likeness (QED) is 0.817. The molecule has 82 valence electrons. The van der Waals surface area contributed by atoms with Crippen LogP contribution in [0, 0.1) is 5.41 Å². The first-order valence-electron chi connectivity index (χ1n) is 5.00. The smallest absolute Gasteiger partial charge is 0.309 e.